The summed E-state index contributed by atoms with van der Waals surface area (Å²) in [6, 6.07) is 12.8. The molecule has 0 radical (unpaired) electrons. The highest BCUT2D eigenvalue weighted by atomic mass is 16.4. The van der Waals surface area contributed by atoms with Gasteiger partial charge in [-0.3, -0.25) is 5.10 Å². The summed E-state index contributed by atoms with van der Waals surface area (Å²) >= 11 is 0. The first-order valence-electron chi connectivity index (χ1n) is 6.38. The lowest BCUT2D eigenvalue weighted by molar-refractivity contribution is 0.0660. The van der Waals surface area contributed by atoms with Crippen molar-refractivity contribution in [3.05, 3.63) is 60.2 Å². The van der Waals surface area contributed by atoms with E-state index in [-0.39, 0.29) is 5.76 Å². The van der Waals surface area contributed by atoms with Crippen molar-refractivity contribution in [1.82, 2.24) is 10.2 Å². The third-order valence-electron chi connectivity index (χ3n) is 3.04. The summed E-state index contributed by atoms with van der Waals surface area (Å²) in [6.45, 7) is 0.427. The fourth-order valence-corrected chi connectivity index (χ4v) is 1.96. The smallest absolute Gasteiger partial charge is 0.371 e. The van der Waals surface area contributed by atoms with Gasteiger partial charge in [0, 0.05) is 11.9 Å². The molecule has 0 spiro atoms. The molecule has 0 unspecified atom stereocenters. The van der Waals surface area contributed by atoms with Crippen LogP contribution >= 0.6 is 0 Å². The number of nitrogens with zero attached hydrogens (tertiary/aromatic N) is 1. The van der Waals surface area contributed by atoms with Crippen molar-refractivity contribution in [2.75, 3.05) is 5.32 Å². The molecule has 0 aliphatic heterocycles. The molecule has 2 aromatic heterocycles. The lowest BCUT2D eigenvalue weighted by atomic mass is 10.1. The molecule has 21 heavy (non-hydrogen) atoms. The Hall–Kier alpha value is -3.02. The third kappa shape index (κ3) is 2.94. The van der Waals surface area contributed by atoms with Crippen LogP contribution in [0.15, 0.2) is 53.1 Å². The molecule has 0 fully saturated rings. The molecule has 0 saturated carbocycles. The molecule has 0 aliphatic carbocycles. The first kappa shape index (κ1) is 13.0. The summed E-state index contributed by atoms with van der Waals surface area (Å²) in [5, 5.41) is 18.8. The van der Waals surface area contributed by atoms with Crippen LogP contribution < -0.4 is 5.32 Å². The number of furan rings is 1. The van der Waals surface area contributed by atoms with Gasteiger partial charge in [0.2, 0.25) is 5.76 Å². The highest BCUT2D eigenvalue weighted by molar-refractivity contribution is 5.84. The molecule has 106 valence electrons. The number of aromatic amines is 1. The molecule has 1 aromatic carbocycles. The molecule has 0 aliphatic rings. The zero-order valence-corrected chi connectivity index (χ0v) is 11.0. The number of hydrogen-bond acceptors (Lipinski definition) is 4. The molecule has 6 heteroatoms. The minimum Gasteiger partial charge on any atom is -0.475 e. The monoisotopic (exact) mass is 283 g/mol. The van der Waals surface area contributed by atoms with E-state index in [1.807, 2.05) is 30.3 Å². The maximum Gasteiger partial charge on any atom is 0.371 e. The van der Waals surface area contributed by atoms with Gasteiger partial charge >= 0.3 is 5.97 Å². The number of benzene rings is 1. The number of aromatic nitrogens is 2. The minimum absolute atomic E-state index is 0.0543. The average molecular weight is 283 g/mol. The second-order valence-electron chi connectivity index (χ2n) is 4.47. The van der Waals surface area contributed by atoms with Gasteiger partial charge in [0.1, 0.15) is 5.76 Å². The number of H-pyrrole nitrogens is 1. The Morgan fingerprint density at radius 1 is 1.19 bits per heavy atom. The molecular weight excluding hydrogens is 270 g/mol. The lowest BCUT2D eigenvalue weighted by Gasteiger charge is -2.05. The molecule has 0 saturated heterocycles. The Labute approximate surface area is 120 Å². The highest BCUT2D eigenvalue weighted by Crippen LogP contribution is 2.19. The maximum absolute atomic E-state index is 10.7. The summed E-state index contributed by atoms with van der Waals surface area (Å²) in [5.41, 5.74) is 2.93. The number of aromatic carboxylic acids is 1. The van der Waals surface area contributed by atoms with Gasteiger partial charge in [-0.2, -0.15) is 5.10 Å². The lowest BCUT2D eigenvalue weighted by Crippen LogP contribution is -1.98. The Morgan fingerprint density at radius 2 is 2.00 bits per heavy atom. The van der Waals surface area contributed by atoms with Gasteiger partial charge in [-0.05, 0) is 35.9 Å². The van der Waals surface area contributed by atoms with E-state index in [0.717, 1.165) is 16.9 Å². The fourth-order valence-electron chi connectivity index (χ4n) is 1.96. The van der Waals surface area contributed by atoms with Crippen molar-refractivity contribution >= 4 is 11.7 Å². The highest BCUT2D eigenvalue weighted by Gasteiger charge is 2.08. The van der Waals surface area contributed by atoms with Crippen LogP contribution in [0.2, 0.25) is 0 Å². The van der Waals surface area contributed by atoms with E-state index in [2.05, 4.69) is 15.5 Å². The van der Waals surface area contributed by atoms with E-state index >= 15 is 0 Å². The van der Waals surface area contributed by atoms with E-state index in [1.54, 1.807) is 12.3 Å². The van der Waals surface area contributed by atoms with Crippen LogP contribution in [0.5, 0.6) is 0 Å². The van der Waals surface area contributed by atoms with Crippen LogP contribution in [0.4, 0.5) is 5.69 Å². The number of nitrogens with one attached hydrogen (secondary N) is 2. The maximum atomic E-state index is 10.7. The Morgan fingerprint density at radius 3 is 2.62 bits per heavy atom. The molecule has 0 atom stereocenters. The minimum atomic E-state index is -1.06. The number of carbonyl (C=O) groups is 1. The number of rotatable bonds is 5. The van der Waals surface area contributed by atoms with Crippen LogP contribution in [0, 0.1) is 0 Å². The van der Waals surface area contributed by atoms with Crippen molar-refractivity contribution in [2.45, 2.75) is 6.54 Å². The first-order valence-corrected chi connectivity index (χ1v) is 6.38. The molecule has 0 amide bonds. The van der Waals surface area contributed by atoms with E-state index in [1.165, 1.54) is 6.07 Å². The fraction of sp³-hybridized carbons (Fsp3) is 0.0667. The van der Waals surface area contributed by atoms with Crippen LogP contribution in [-0.2, 0) is 6.54 Å². The first-order chi connectivity index (χ1) is 10.2. The third-order valence-corrected chi connectivity index (χ3v) is 3.04. The van der Waals surface area contributed by atoms with Crippen molar-refractivity contribution in [1.29, 1.82) is 0 Å². The molecule has 0 bridgehead atoms. The SMILES string of the molecule is O=C(O)c1ccc(CNc2ccc(-c3ccn[nH]3)cc2)o1. The zero-order chi connectivity index (χ0) is 14.7. The second kappa shape index (κ2) is 5.54. The van der Waals surface area contributed by atoms with E-state index < -0.39 is 5.97 Å². The van der Waals surface area contributed by atoms with Gasteiger partial charge < -0.3 is 14.8 Å². The molecule has 3 N–H and O–H groups in total. The normalized spacial score (nSPS) is 10.5. The summed E-state index contributed by atoms with van der Waals surface area (Å²) in [6.07, 6.45) is 1.71. The summed E-state index contributed by atoms with van der Waals surface area (Å²) in [4.78, 5) is 10.7. The average Bonchev–Trinajstić information content (AvgIpc) is 3.17. The van der Waals surface area contributed by atoms with Gasteiger partial charge in [-0.1, -0.05) is 12.1 Å². The molecule has 2 heterocycles. The van der Waals surface area contributed by atoms with Crippen molar-refractivity contribution < 1.29 is 14.3 Å². The topological polar surface area (TPSA) is 91.1 Å². The standard InChI is InChI=1S/C15H13N3O3/c19-15(20)14-6-5-12(21-14)9-16-11-3-1-10(2-4-11)13-7-8-17-18-13/h1-8,16H,9H2,(H,17,18)(H,19,20). The van der Waals surface area contributed by atoms with Gasteiger partial charge in [0.15, 0.2) is 0 Å². The van der Waals surface area contributed by atoms with Crippen LogP contribution in [0.3, 0.4) is 0 Å². The van der Waals surface area contributed by atoms with Gasteiger partial charge in [0.05, 0.1) is 12.2 Å². The summed E-state index contributed by atoms with van der Waals surface area (Å²) < 4.78 is 5.17. The number of carboxylic acids is 1. The van der Waals surface area contributed by atoms with E-state index in [0.29, 0.717) is 12.3 Å². The number of carboxylic acid groups (broad SMARTS) is 1. The van der Waals surface area contributed by atoms with Crippen LogP contribution in [0.25, 0.3) is 11.3 Å². The predicted octanol–water partition coefficient (Wildman–Crippen LogP) is 2.98. The van der Waals surface area contributed by atoms with Gasteiger partial charge in [0.25, 0.3) is 0 Å². The molecule has 3 aromatic rings. The quantitative estimate of drug-likeness (QED) is 0.669. The van der Waals surface area contributed by atoms with Crippen molar-refractivity contribution in [2.24, 2.45) is 0 Å². The van der Waals surface area contributed by atoms with Crippen molar-refractivity contribution in [3.8, 4) is 11.3 Å². The Balaban J connectivity index is 1.64. The Bertz CT molecular complexity index is 730. The largest absolute Gasteiger partial charge is 0.475 e. The van der Waals surface area contributed by atoms with Crippen LogP contribution in [0.1, 0.15) is 16.3 Å². The molecule has 3 rings (SSSR count). The summed E-state index contributed by atoms with van der Waals surface area (Å²) in [5.74, 6) is -0.545. The number of hydrogen-bond donors (Lipinski definition) is 3. The Kier molecular flexibility index (Phi) is 3.42. The molecular formula is C15H13N3O3. The van der Waals surface area contributed by atoms with E-state index in [9.17, 15) is 4.79 Å². The zero-order valence-electron chi connectivity index (χ0n) is 11.0. The van der Waals surface area contributed by atoms with Gasteiger partial charge in [-0.25, -0.2) is 4.79 Å². The predicted molar refractivity (Wildman–Crippen MR) is 77.0 cm³/mol. The second-order valence-corrected chi connectivity index (χ2v) is 4.47. The van der Waals surface area contributed by atoms with Crippen molar-refractivity contribution in [3.63, 3.8) is 0 Å². The van der Waals surface area contributed by atoms with Gasteiger partial charge in [-0.15, -0.1) is 0 Å². The van der Waals surface area contributed by atoms with E-state index in [4.69, 9.17) is 9.52 Å². The summed E-state index contributed by atoms with van der Waals surface area (Å²) in [7, 11) is 0. The van der Waals surface area contributed by atoms with Crippen LogP contribution in [-0.4, -0.2) is 21.3 Å². The number of anilines is 1. The molecule has 6 nitrogen and oxygen atoms in total.